The Morgan fingerprint density at radius 2 is 0.510 bits per heavy atom. The second-order valence-electron chi connectivity index (χ2n) is 14.2. The van der Waals surface area contributed by atoms with E-state index in [9.17, 15) is 18.9 Å². The Hall–Kier alpha value is 0.819. The first-order valence-electron chi connectivity index (χ1n) is 21.1. The van der Waals surface area contributed by atoms with Gasteiger partial charge in [-0.2, -0.15) is 0 Å². The van der Waals surface area contributed by atoms with Gasteiger partial charge >= 0.3 is 17.1 Å². The molecule has 0 radical (unpaired) electrons. The van der Waals surface area contributed by atoms with Crippen LogP contribution in [0.1, 0.15) is 233 Å². The molecular formula is C40H84FeO6P2. The van der Waals surface area contributed by atoms with Crippen LogP contribution in [0.15, 0.2) is 0 Å². The van der Waals surface area contributed by atoms with Crippen LogP contribution in [0.4, 0.5) is 0 Å². The van der Waals surface area contributed by atoms with Gasteiger partial charge in [0.15, 0.2) is 0 Å². The van der Waals surface area contributed by atoms with Gasteiger partial charge in [-0.3, -0.25) is 0 Å². The van der Waals surface area contributed by atoms with Crippen molar-refractivity contribution >= 4 is 15.2 Å². The van der Waals surface area contributed by atoms with Crippen molar-refractivity contribution < 1.29 is 45.0 Å². The number of rotatable bonds is 38. The van der Waals surface area contributed by atoms with Crippen molar-refractivity contribution in [3.05, 3.63) is 0 Å². The molecule has 0 amide bonds. The van der Waals surface area contributed by atoms with Gasteiger partial charge in [-0.1, -0.05) is 207 Å². The molecule has 6 nitrogen and oxygen atoms in total. The summed E-state index contributed by atoms with van der Waals surface area (Å²) in [6.45, 7) is 9.66. The molecule has 0 saturated carbocycles. The smallest absolute Gasteiger partial charge is 0.778 e. The Bertz CT molecular complexity index is 654. The van der Waals surface area contributed by atoms with Crippen molar-refractivity contribution in [3.63, 3.8) is 0 Å². The first-order chi connectivity index (χ1) is 23.2. The Labute approximate surface area is 317 Å². The third kappa shape index (κ3) is 48.8. The van der Waals surface area contributed by atoms with Gasteiger partial charge in [-0.05, 0) is 25.7 Å². The largest absolute Gasteiger partial charge is 2.00 e. The summed E-state index contributed by atoms with van der Waals surface area (Å²) in [6, 6.07) is 0. The van der Waals surface area contributed by atoms with Gasteiger partial charge in [-0.15, -0.1) is 0 Å². The fourth-order valence-electron chi connectivity index (χ4n) is 5.89. The molecule has 0 aromatic carbocycles. The Morgan fingerprint density at radius 1 is 0.327 bits per heavy atom. The molecular weight excluding hydrogens is 694 g/mol. The van der Waals surface area contributed by atoms with E-state index in [4.69, 9.17) is 9.05 Å². The minimum absolute atomic E-state index is 0. The van der Waals surface area contributed by atoms with E-state index >= 15 is 0 Å². The molecule has 0 aliphatic heterocycles. The van der Waals surface area contributed by atoms with Crippen molar-refractivity contribution in [3.8, 4) is 0 Å². The zero-order chi connectivity index (χ0) is 35.9. The normalized spacial score (nSPS) is 13.7. The first-order valence-corrected chi connectivity index (χ1v) is 24.6. The summed E-state index contributed by atoms with van der Waals surface area (Å²) in [4.78, 5) is 23.6. The van der Waals surface area contributed by atoms with Crippen LogP contribution in [0.3, 0.4) is 0 Å². The summed E-state index contributed by atoms with van der Waals surface area (Å²) < 4.78 is 33.9. The molecule has 0 fully saturated rings. The summed E-state index contributed by atoms with van der Waals surface area (Å²) in [5.41, 5.74) is 0. The molecule has 0 spiro atoms. The molecule has 0 heterocycles. The summed E-state index contributed by atoms with van der Waals surface area (Å²) in [5, 5.41) is 0. The van der Waals surface area contributed by atoms with Crippen LogP contribution in [-0.2, 0) is 35.2 Å². The van der Waals surface area contributed by atoms with Crippen molar-refractivity contribution in [2.24, 2.45) is 0 Å². The van der Waals surface area contributed by atoms with E-state index in [0.717, 1.165) is 64.2 Å². The quantitative estimate of drug-likeness (QED) is 0.0352. The molecule has 2 unspecified atom stereocenters. The molecule has 9 heteroatoms. The molecule has 0 aromatic heterocycles. The second kappa shape index (κ2) is 43.2. The van der Waals surface area contributed by atoms with Gasteiger partial charge in [0, 0.05) is 12.3 Å². The molecule has 0 saturated heterocycles. The Balaban J connectivity index is -0.000000846. The topological polar surface area (TPSA) is 98.7 Å². The van der Waals surface area contributed by atoms with Gasteiger partial charge < -0.3 is 28.0 Å². The fourth-order valence-corrected chi connectivity index (χ4v) is 8.18. The average molecular weight is 779 g/mol. The van der Waals surface area contributed by atoms with Crippen LogP contribution >= 0.6 is 15.2 Å². The molecule has 49 heavy (non-hydrogen) atoms. The van der Waals surface area contributed by atoms with E-state index in [1.165, 1.54) is 141 Å². The van der Waals surface area contributed by atoms with Gasteiger partial charge in [0.2, 0.25) is 0 Å². The van der Waals surface area contributed by atoms with E-state index in [1.54, 1.807) is 0 Å². The molecule has 0 aliphatic carbocycles. The Morgan fingerprint density at radius 3 is 0.735 bits per heavy atom. The van der Waals surface area contributed by atoms with Crippen LogP contribution < -0.4 is 9.79 Å². The third-order valence-corrected chi connectivity index (χ3v) is 12.0. The van der Waals surface area contributed by atoms with Gasteiger partial charge in [0.1, 0.15) is 15.2 Å². The predicted octanol–water partition coefficient (Wildman–Crippen LogP) is 13.7. The summed E-state index contributed by atoms with van der Waals surface area (Å²) in [7, 11) is -7.16. The fraction of sp³-hybridized carbons (Fsp3) is 1.00. The summed E-state index contributed by atoms with van der Waals surface area (Å²) in [5.74, 6) is 0. The Kier molecular flexibility index (Phi) is 47.8. The maximum atomic E-state index is 11.8. The number of hydrogen-bond acceptors (Lipinski definition) is 6. The van der Waals surface area contributed by atoms with Gasteiger partial charge in [-0.25, -0.2) is 0 Å². The summed E-state index contributed by atoms with van der Waals surface area (Å²) >= 11 is 0. The van der Waals surface area contributed by atoms with E-state index < -0.39 is 15.2 Å². The van der Waals surface area contributed by atoms with Crippen LogP contribution in [0.5, 0.6) is 0 Å². The van der Waals surface area contributed by atoms with Gasteiger partial charge in [0.05, 0.1) is 13.2 Å². The van der Waals surface area contributed by atoms with Crippen LogP contribution in [0.25, 0.3) is 0 Å². The van der Waals surface area contributed by atoms with Crippen molar-refractivity contribution in [2.75, 3.05) is 25.5 Å². The minimum atomic E-state index is -3.58. The van der Waals surface area contributed by atoms with Crippen molar-refractivity contribution in [1.82, 2.24) is 0 Å². The van der Waals surface area contributed by atoms with E-state index in [2.05, 4.69) is 27.7 Å². The van der Waals surface area contributed by atoms with Crippen LogP contribution in [0.2, 0.25) is 0 Å². The van der Waals surface area contributed by atoms with Crippen LogP contribution in [-0.4, -0.2) is 25.5 Å². The average Bonchev–Trinajstić information content (AvgIpc) is 3.06. The molecule has 2 atom stereocenters. The van der Waals surface area contributed by atoms with Crippen molar-refractivity contribution in [1.29, 1.82) is 0 Å². The monoisotopic (exact) mass is 779 g/mol. The third-order valence-electron chi connectivity index (χ3n) is 9.14. The molecule has 0 bridgehead atoms. The van der Waals surface area contributed by atoms with Gasteiger partial charge in [0.25, 0.3) is 0 Å². The standard InChI is InChI=1S/2C20H43O3P.Fe/c2*1-3-5-7-9-11-13-15-17-19-23-24(21,22)20-18-16-14-12-10-8-6-4-2;/h2*3-20H2,1-2H3,(H,21,22);/q;;+2/p-2. The van der Waals surface area contributed by atoms with Crippen LogP contribution in [0, 0.1) is 0 Å². The molecule has 298 valence electrons. The molecule has 0 aliphatic rings. The minimum Gasteiger partial charge on any atom is -0.778 e. The zero-order valence-electron chi connectivity index (χ0n) is 33.2. The van der Waals surface area contributed by atoms with E-state index in [0.29, 0.717) is 13.2 Å². The van der Waals surface area contributed by atoms with E-state index in [1.807, 2.05) is 0 Å². The predicted molar refractivity (Wildman–Crippen MR) is 207 cm³/mol. The van der Waals surface area contributed by atoms with E-state index in [-0.39, 0.29) is 29.4 Å². The SMILES string of the molecule is CCCCCCCCCCOP(=O)([O-])CCCCCCCCCC.CCCCCCCCCCOP(=O)([O-])CCCCCCCCCC.[Fe+2]. The van der Waals surface area contributed by atoms with Crippen molar-refractivity contribution in [2.45, 2.75) is 233 Å². The molecule has 0 rings (SSSR count). The maximum Gasteiger partial charge on any atom is 2.00 e. The maximum absolute atomic E-state index is 11.8. The molecule has 0 aromatic rings. The zero-order valence-corrected chi connectivity index (χ0v) is 36.0. The first kappa shape index (κ1) is 54.2. The molecule has 0 N–H and O–H groups in total. The number of unbranched alkanes of at least 4 members (excludes halogenated alkanes) is 28. The summed E-state index contributed by atoms with van der Waals surface area (Å²) in [6.07, 6.45) is 38.6. The second-order valence-corrected chi connectivity index (χ2v) is 18.1. The number of hydrogen-bond donors (Lipinski definition) is 0.